The van der Waals surface area contributed by atoms with E-state index in [9.17, 15) is 18.0 Å². The minimum Gasteiger partial charge on any atom is -0.392 e. The average molecular weight is 406 g/mol. The Morgan fingerprint density at radius 2 is 2.17 bits per heavy atom. The van der Waals surface area contributed by atoms with Gasteiger partial charge in [0.1, 0.15) is 11.6 Å². The van der Waals surface area contributed by atoms with Crippen molar-refractivity contribution in [2.24, 2.45) is 5.92 Å². The lowest BCUT2D eigenvalue weighted by Crippen LogP contribution is -2.44. The standard InChI is InChI=1S/C19H21F3N6O/c1-24-8-11(7-23)26-18-25-9-15(20)16(27-18)10-4-12-2-3-13(5-10)28(12)17(29)14-6-19(14,21)22/h4,7-9,12-14,23-24H,2-3,5-6H2,1H3,(H,25,26,27)/b11-8+,23-7?. The van der Waals surface area contributed by atoms with Crippen LogP contribution in [0.1, 0.15) is 31.4 Å². The zero-order valence-electron chi connectivity index (χ0n) is 15.8. The highest BCUT2D eigenvalue weighted by molar-refractivity contribution is 5.85. The number of halogens is 3. The number of nitrogens with zero attached hydrogens (tertiary/aromatic N) is 3. The summed E-state index contributed by atoms with van der Waals surface area (Å²) in [5.41, 5.74) is 1.16. The quantitative estimate of drug-likeness (QED) is 0.632. The molecule has 1 amide bonds. The summed E-state index contributed by atoms with van der Waals surface area (Å²) in [6.45, 7) is 0. The first-order chi connectivity index (χ1) is 13.8. The molecule has 154 valence electrons. The highest BCUT2D eigenvalue weighted by atomic mass is 19.3. The minimum absolute atomic E-state index is 0.122. The number of carbonyl (C=O) groups excluding carboxylic acids is 1. The van der Waals surface area contributed by atoms with Crippen LogP contribution in [-0.4, -0.2) is 52.0 Å². The molecule has 3 aliphatic rings. The lowest BCUT2D eigenvalue weighted by Gasteiger charge is -2.34. The Morgan fingerprint density at radius 3 is 2.79 bits per heavy atom. The maximum atomic E-state index is 14.4. The molecule has 7 nitrogen and oxygen atoms in total. The molecule has 1 saturated heterocycles. The number of hydrogen-bond donors (Lipinski definition) is 3. The fourth-order valence-corrected chi connectivity index (χ4v) is 4.06. The van der Waals surface area contributed by atoms with Gasteiger partial charge in [-0.3, -0.25) is 4.79 Å². The van der Waals surface area contributed by atoms with Crippen molar-refractivity contribution in [2.45, 2.75) is 43.7 Å². The molecule has 2 fully saturated rings. The number of amides is 1. The molecule has 4 rings (SSSR count). The Hall–Kier alpha value is -2.91. The van der Waals surface area contributed by atoms with Gasteiger partial charge in [-0.1, -0.05) is 6.08 Å². The summed E-state index contributed by atoms with van der Waals surface area (Å²) >= 11 is 0. The van der Waals surface area contributed by atoms with Crippen molar-refractivity contribution in [3.8, 4) is 0 Å². The van der Waals surface area contributed by atoms with Gasteiger partial charge in [0.15, 0.2) is 5.82 Å². The number of aromatic nitrogens is 2. The molecule has 0 spiro atoms. The molecule has 10 heteroatoms. The van der Waals surface area contributed by atoms with E-state index < -0.39 is 23.6 Å². The zero-order chi connectivity index (χ0) is 20.8. The first-order valence-electron chi connectivity index (χ1n) is 9.42. The first-order valence-corrected chi connectivity index (χ1v) is 9.42. The molecule has 1 aromatic heterocycles. The van der Waals surface area contributed by atoms with E-state index in [2.05, 4.69) is 20.6 Å². The van der Waals surface area contributed by atoms with E-state index in [0.29, 0.717) is 30.5 Å². The normalized spacial score (nSPS) is 27.3. The van der Waals surface area contributed by atoms with Crippen LogP contribution in [0.2, 0.25) is 0 Å². The largest absolute Gasteiger partial charge is 0.392 e. The number of fused-ring (bicyclic) bond motifs is 2. The summed E-state index contributed by atoms with van der Waals surface area (Å²) in [5.74, 6) is -5.07. The summed E-state index contributed by atoms with van der Waals surface area (Å²) in [6, 6.07) is -0.546. The number of carbonyl (C=O) groups is 1. The van der Waals surface area contributed by atoms with E-state index in [1.165, 1.54) is 6.20 Å². The number of nitrogens with one attached hydrogen (secondary N) is 3. The van der Waals surface area contributed by atoms with E-state index in [4.69, 9.17) is 5.41 Å². The fourth-order valence-electron chi connectivity index (χ4n) is 4.06. The van der Waals surface area contributed by atoms with Crippen LogP contribution in [0.3, 0.4) is 0 Å². The average Bonchev–Trinajstić information content (AvgIpc) is 3.25. The third-order valence-electron chi connectivity index (χ3n) is 5.53. The van der Waals surface area contributed by atoms with Crippen LogP contribution in [0.5, 0.6) is 0 Å². The van der Waals surface area contributed by atoms with Gasteiger partial charge in [0.05, 0.1) is 17.9 Å². The van der Waals surface area contributed by atoms with Crippen molar-refractivity contribution < 1.29 is 18.0 Å². The molecule has 2 bridgehead atoms. The highest BCUT2D eigenvalue weighted by Gasteiger charge is 2.63. The van der Waals surface area contributed by atoms with Crippen LogP contribution in [0, 0.1) is 17.1 Å². The molecular weight excluding hydrogens is 385 g/mol. The van der Waals surface area contributed by atoms with Gasteiger partial charge in [-0.2, -0.15) is 0 Å². The van der Waals surface area contributed by atoms with Gasteiger partial charge >= 0.3 is 0 Å². The maximum absolute atomic E-state index is 14.4. The topological polar surface area (TPSA) is 94.0 Å². The zero-order valence-corrected chi connectivity index (χ0v) is 15.8. The summed E-state index contributed by atoms with van der Waals surface area (Å²) < 4.78 is 41.1. The van der Waals surface area contributed by atoms with Gasteiger partial charge in [0.2, 0.25) is 11.9 Å². The molecule has 3 heterocycles. The van der Waals surface area contributed by atoms with E-state index in [0.717, 1.165) is 12.4 Å². The maximum Gasteiger partial charge on any atom is 0.260 e. The van der Waals surface area contributed by atoms with E-state index in [1.54, 1.807) is 18.0 Å². The first kappa shape index (κ1) is 19.4. The van der Waals surface area contributed by atoms with Crippen LogP contribution in [0.4, 0.5) is 19.1 Å². The Bertz CT molecular complexity index is 915. The molecule has 3 unspecified atom stereocenters. The molecule has 3 N–H and O–H groups in total. The van der Waals surface area contributed by atoms with Crippen molar-refractivity contribution in [1.82, 2.24) is 20.2 Å². The molecule has 1 saturated carbocycles. The Labute approximate surface area is 165 Å². The van der Waals surface area contributed by atoms with Gasteiger partial charge in [-0.25, -0.2) is 23.1 Å². The second-order valence-electron chi connectivity index (χ2n) is 7.51. The summed E-state index contributed by atoms with van der Waals surface area (Å²) in [6.07, 6.45) is 6.75. The lowest BCUT2D eigenvalue weighted by atomic mass is 9.97. The molecule has 29 heavy (non-hydrogen) atoms. The fraction of sp³-hybridized carbons (Fsp3) is 0.474. The van der Waals surface area contributed by atoms with Crippen LogP contribution in [0.15, 0.2) is 24.2 Å². The van der Waals surface area contributed by atoms with Crippen molar-refractivity contribution in [3.05, 3.63) is 35.7 Å². The molecular formula is C19H21F3N6O. The summed E-state index contributed by atoms with van der Waals surface area (Å²) in [4.78, 5) is 22.2. The molecule has 3 atom stereocenters. The van der Waals surface area contributed by atoms with Crippen molar-refractivity contribution >= 4 is 23.6 Å². The number of rotatable bonds is 6. The number of allylic oxidation sites excluding steroid dienone is 1. The van der Waals surface area contributed by atoms with Gasteiger partial charge < -0.3 is 20.9 Å². The predicted molar refractivity (Wildman–Crippen MR) is 101 cm³/mol. The Kier molecular flexibility index (Phi) is 4.79. The van der Waals surface area contributed by atoms with Crippen molar-refractivity contribution in [1.29, 1.82) is 5.41 Å². The van der Waals surface area contributed by atoms with Crippen LogP contribution < -0.4 is 10.6 Å². The van der Waals surface area contributed by atoms with Gasteiger partial charge in [0, 0.05) is 31.9 Å². The van der Waals surface area contributed by atoms with E-state index in [1.807, 2.05) is 0 Å². The molecule has 0 radical (unpaired) electrons. The third kappa shape index (κ3) is 3.58. The Balaban J connectivity index is 1.57. The molecule has 1 aromatic rings. The van der Waals surface area contributed by atoms with Crippen LogP contribution >= 0.6 is 0 Å². The van der Waals surface area contributed by atoms with E-state index >= 15 is 0 Å². The van der Waals surface area contributed by atoms with Gasteiger partial charge in [-0.15, -0.1) is 0 Å². The van der Waals surface area contributed by atoms with Crippen LogP contribution in [0.25, 0.3) is 5.57 Å². The Morgan fingerprint density at radius 1 is 1.41 bits per heavy atom. The summed E-state index contributed by atoms with van der Waals surface area (Å²) in [5, 5.41) is 13.0. The minimum atomic E-state index is -2.90. The lowest BCUT2D eigenvalue weighted by molar-refractivity contribution is -0.137. The smallest absolute Gasteiger partial charge is 0.260 e. The highest BCUT2D eigenvalue weighted by Crippen LogP contribution is 2.51. The second-order valence-corrected chi connectivity index (χ2v) is 7.51. The van der Waals surface area contributed by atoms with Gasteiger partial charge in [0.25, 0.3) is 5.92 Å². The molecule has 0 aromatic carbocycles. The number of hydrogen-bond acceptors (Lipinski definition) is 6. The van der Waals surface area contributed by atoms with Crippen LogP contribution in [-0.2, 0) is 4.79 Å². The molecule has 2 aliphatic heterocycles. The second kappa shape index (κ2) is 7.16. The monoisotopic (exact) mass is 406 g/mol. The third-order valence-corrected chi connectivity index (χ3v) is 5.53. The van der Waals surface area contributed by atoms with Crippen molar-refractivity contribution in [2.75, 3.05) is 12.4 Å². The molecule has 1 aliphatic carbocycles. The SMILES string of the molecule is CN/C=C(\C=N)Nc1ncc(F)c(C2=CC3CCC(C2)N3C(=O)C2CC2(F)F)n1. The predicted octanol–water partition coefficient (Wildman–Crippen LogP) is 2.54. The number of anilines is 1. The summed E-state index contributed by atoms with van der Waals surface area (Å²) in [7, 11) is 1.68. The number of alkyl halides is 2. The van der Waals surface area contributed by atoms with Crippen molar-refractivity contribution in [3.63, 3.8) is 0 Å². The van der Waals surface area contributed by atoms with E-state index in [-0.39, 0.29) is 30.1 Å². The van der Waals surface area contributed by atoms with Gasteiger partial charge in [-0.05, 0) is 24.8 Å².